The molecule has 0 aromatic heterocycles. The van der Waals surface area contributed by atoms with Gasteiger partial charge in [0.1, 0.15) is 5.82 Å². The van der Waals surface area contributed by atoms with Gasteiger partial charge in [-0.3, -0.25) is 0 Å². The topological polar surface area (TPSA) is 94.9 Å². The van der Waals surface area contributed by atoms with Gasteiger partial charge in [0.05, 0.1) is 17.1 Å². The van der Waals surface area contributed by atoms with E-state index in [0.717, 1.165) is 16.4 Å². The summed E-state index contributed by atoms with van der Waals surface area (Å²) >= 11 is 0. The first-order valence-electron chi connectivity index (χ1n) is 5.87. The highest BCUT2D eigenvalue weighted by Gasteiger charge is 2.31. The fourth-order valence-electron chi connectivity index (χ4n) is 1.77. The summed E-state index contributed by atoms with van der Waals surface area (Å²) in [6.45, 7) is 2.53. The average molecular weight is 305 g/mol. The molecule has 0 aliphatic rings. The van der Waals surface area contributed by atoms with Crippen LogP contribution in [-0.2, 0) is 10.0 Å². The Hall–Kier alpha value is -1.51. The molecule has 6 nitrogen and oxygen atoms in total. The number of halogens is 1. The van der Waals surface area contributed by atoms with Gasteiger partial charge in [-0.1, -0.05) is 0 Å². The molecule has 0 aliphatic carbocycles. The van der Waals surface area contributed by atoms with E-state index in [1.165, 1.54) is 0 Å². The summed E-state index contributed by atoms with van der Waals surface area (Å²) < 4.78 is 39.0. The second kappa shape index (κ2) is 6.29. The number of aromatic carboxylic acids is 1. The molecular formula is C12H16FNO5S. The van der Waals surface area contributed by atoms with Crippen LogP contribution in [0.5, 0.6) is 0 Å². The number of carbonyl (C=O) groups is 1. The Labute approximate surface area is 116 Å². The lowest BCUT2D eigenvalue weighted by Crippen LogP contribution is -2.39. The number of sulfonamides is 1. The Morgan fingerprint density at radius 2 is 2.00 bits per heavy atom. The van der Waals surface area contributed by atoms with Crippen molar-refractivity contribution in [1.29, 1.82) is 0 Å². The molecule has 0 bridgehead atoms. The molecule has 8 heteroatoms. The van der Waals surface area contributed by atoms with Crippen LogP contribution in [0.4, 0.5) is 4.39 Å². The van der Waals surface area contributed by atoms with E-state index in [1.807, 2.05) is 0 Å². The Bertz CT molecular complexity index is 600. The first-order valence-corrected chi connectivity index (χ1v) is 7.31. The van der Waals surface area contributed by atoms with E-state index < -0.39 is 44.9 Å². The maximum absolute atomic E-state index is 13.3. The van der Waals surface area contributed by atoms with Crippen molar-refractivity contribution in [2.24, 2.45) is 0 Å². The van der Waals surface area contributed by atoms with Crippen LogP contribution < -0.4 is 0 Å². The molecule has 0 saturated heterocycles. The van der Waals surface area contributed by atoms with Crippen molar-refractivity contribution in [2.75, 3.05) is 13.2 Å². The van der Waals surface area contributed by atoms with Crippen LogP contribution in [0.25, 0.3) is 0 Å². The molecule has 1 rings (SSSR count). The minimum absolute atomic E-state index is 0.199. The van der Waals surface area contributed by atoms with Gasteiger partial charge in [0, 0.05) is 12.6 Å². The van der Waals surface area contributed by atoms with Gasteiger partial charge in [-0.25, -0.2) is 17.6 Å². The first kappa shape index (κ1) is 16.5. The van der Waals surface area contributed by atoms with Crippen molar-refractivity contribution >= 4 is 16.0 Å². The van der Waals surface area contributed by atoms with Crippen molar-refractivity contribution in [3.8, 4) is 0 Å². The Kier molecular flexibility index (Phi) is 5.21. The molecule has 1 aromatic carbocycles. The standard InChI is InChI=1S/C12H16FNO5S/c1-8(2)14(5-6-15)20(18,19)11-7-9(13)3-4-10(11)12(16)17/h3-4,7-8,15H,5-6H2,1-2H3,(H,16,17). The molecule has 0 amide bonds. The number of hydrogen-bond acceptors (Lipinski definition) is 4. The van der Waals surface area contributed by atoms with Crippen molar-refractivity contribution in [1.82, 2.24) is 4.31 Å². The zero-order valence-electron chi connectivity index (χ0n) is 11.1. The number of aliphatic hydroxyl groups is 1. The van der Waals surface area contributed by atoms with Crippen LogP contribution in [0.2, 0.25) is 0 Å². The number of carboxylic acids is 1. The predicted octanol–water partition coefficient (Wildman–Crippen LogP) is 0.915. The number of nitrogens with zero attached hydrogens (tertiary/aromatic N) is 1. The second-order valence-corrected chi connectivity index (χ2v) is 6.24. The molecule has 0 fully saturated rings. The molecule has 0 radical (unpaired) electrons. The minimum atomic E-state index is -4.21. The molecule has 0 saturated carbocycles. The molecule has 0 atom stereocenters. The zero-order valence-corrected chi connectivity index (χ0v) is 11.9. The largest absolute Gasteiger partial charge is 0.478 e. The Balaban J connectivity index is 3.47. The third kappa shape index (κ3) is 3.33. The lowest BCUT2D eigenvalue weighted by molar-refractivity contribution is 0.0692. The third-order valence-electron chi connectivity index (χ3n) is 2.66. The number of hydrogen-bond donors (Lipinski definition) is 2. The quantitative estimate of drug-likeness (QED) is 0.815. The SMILES string of the molecule is CC(C)N(CCO)S(=O)(=O)c1cc(F)ccc1C(=O)O. The highest BCUT2D eigenvalue weighted by molar-refractivity contribution is 7.89. The van der Waals surface area contributed by atoms with E-state index in [0.29, 0.717) is 6.07 Å². The molecule has 0 spiro atoms. The third-order valence-corrected chi connectivity index (χ3v) is 4.77. The Morgan fingerprint density at radius 1 is 1.40 bits per heavy atom. The first-order chi connectivity index (χ1) is 9.21. The summed E-state index contributed by atoms with van der Waals surface area (Å²) in [5.41, 5.74) is -0.505. The van der Waals surface area contributed by atoms with Crippen LogP contribution in [0.1, 0.15) is 24.2 Å². The van der Waals surface area contributed by atoms with E-state index in [1.54, 1.807) is 13.8 Å². The summed E-state index contributed by atoms with van der Waals surface area (Å²) in [6.07, 6.45) is 0. The zero-order chi connectivity index (χ0) is 15.5. The average Bonchev–Trinajstić information content (AvgIpc) is 2.34. The highest BCUT2D eigenvalue weighted by atomic mass is 32.2. The van der Waals surface area contributed by atoms with Gasteiger partial charge < -0.3 is 10.2 Å². The number of aliphatic hydroxyl groups excluding tert-OH is 1. The van der Waals surface area contributed by atoms with Crippen molar-refractivity contribution in [3.63, 3.8) is 0 Å². The van der Waals surface area contributed by atoms with Gasteiger partial charge >= 0.3 is 5.97 Å². The fourth-order valence-corrected chi connectivity index (χ4v) is 3.59. The van der Waals surface area contributed by atoms with E-state index in [9.17, 15) is 17.6 Å². The van der Waals surface area contributed by atoms with Crippen LogP contribution in [0.15, 0.2) is 23.1 Å². The number of benzene rings is 1. The maximum atomic E-state index is 13.3. The van der Waals surface area contributed by atoms with E-state index in [2.05, 4.69) is 0 Å². The van der Waals surface area contributed by atoms with Crippen LogP contribution in [0, 0.1) is 5.82 Å². The fraction of sp³-hybridized carbons (Fsp3) is 0.417. The predicted molar refractivity (Wildman–Crippen MR) is 69.5 cm³/mol. The second-order valence-electron chi connectivity index (χ2n) is 4.38. The molecule has 2 N–H and O–H groups in total. The van der Waals surface area contributed by atoms with Gasteiger partial charge in [0.15, 0.2) is 0 Å². The summed E-state index contributed by atoms with van der Waals surface area (Å²) in [5.74, 6) is -2.31. The van der Waals surface area contributed by atoms with Gasteiger partial charge in [0.2, 0.25) is 10.0 Å². The van der Waals surface area contributed by atoms with Gasteiger partial charge in [-0.15, -0.1) is 0 Å². The Morgan fingerprint density at radius 3 is 2.45 bits per heavy atom. The lowest BCUT2D eigenvalue weighted by atomic mass is 10.2. The molecule has 0 aliphatic heterocycles. The monoisotopic (exact) mass is 305 g/mol. The van der Waals surface area contributed by atoms with Crippen LogP contribution >= 0.6 is 0 Å². The van der Waals surface area contributed by atoms with E-state index >= 15 is 0 Å². The van der Waals surface area contributed by atoms with Crippen LogP contribution in [0.3, 0.4) is 0 Å². The smallest absolute Gasteiger partial charge is 0.337 e. The van der Waals surface area contributed by atoms with Crippen molar-refractivity contribution in [2.45, 2.75) is 24.8 Å². The van der Waals surface area contributed by atoms with Gasteiger partial charge in [0.25, 0.3) is 0 Å². The summed E-state index contributed by atoms with van der Waals surface area (Å²) in [7, 11) is -4.21. The van der Waals surface area contributed by atoms with Crippen molar-refractivity contribution in [3.05, 3.63) is 29.6 Å². The summed E-state index contributed by atoms with van der Waals surface area (Å²) in [6, 6.07) is 1.96. The van der Waals surface area contributed by atoms with E-state index in [-0.39, 0.29) is 6.54 Å². The molecule has 1 aromatic rings. The number of carboxylic acid groups (broad SMARTS) is 1. The van der Waals surface area contributed by atoms with Gasteiger partial charge in [-0.05, 0) is 32.0 Å². The van der Waals surface area contributed by atoms with Crippen LogP contribution in [-0.4, -0.2) is 48.1 Å². The molecule has 20 heavy (non-hydrogen) atoms. The molecule has 0 heterocycles. The van der Waals surface area contributed by atoms with Gasteiger partial charge in [-0.2, -0.15) is 4.31 Å². The van der Waals surface area contributed by atoms with Crippen molar-refractivity contribution < 1.29 is 27.8 Å². The summed E-state index contributed by atoms with van der Waals surface area (Å²) in [4.78, 5) is 10.5. The number of rotatable bonds is 6. The lowest BCUT2D eigenvalue weighted by Gasteiger charge is -2.25. The molecular weight excluding hydrogens is 289 g/mol. The molecule has 0 unspecified atom stereocenters. The molecule has 112 valence electrons. The maximum Gasteiger partial charge on any atom is 0.337 e. The highest BCUT2D eigenvalue weighted by Crippen LogP contribution is 2.23. The minimum Gasteiger partial charge on any atom is -0.478 e. The van der Waals surface area contributed by atoms with E-state index in [4.69, 9.17) is 10.2 Å². The summed E-state index contributed by atoms with van der Waals surface area (Å²) in [5, 5.41) is 17.9. The normalized spacial score (nSPS) is 12.1.